The average molecular weight is 529 g/mol. The maximum absolute atomic E-state index is 13.7. The van der Waals surface area contributed by atoms with Crippen LogP contribution in [0.3, 0.4) is 0 Å². The van der Waals surface area contributed by atoms with Crippen molar-refractivity contribution in [3.63, 3.8) is 0 Å². The number of ether oxygens (including phenoxy) is 1. The standard InChI is InChI=1S/C28H32N8O3/c1-6-15-34-27(37)23-26(36(28(34)38)18(4)39-5)29-25(17(2)3)35(23)16-19-11-13-20(14-12-19)21-9-7-8-10-22(21)24-30-32-33-31-24/h7-14,17-18H,6,15-16H2,1-5H3,(H,30,31,32,33). The lowest BCUT2D eigenvalue weighted by atomic mass is 9.98. The molecule has 2 aromatic carbocycles. The molecule has 0 saturated heterocycles. The van der Waals surface area contributed by atoms with Crippen LogP contribution in [0.15, 0.2) is 58.1 Å². The number of benzene rings is 2. The van der Waals surface area contributed by atoms with Gasteiger partial charge in [0.05, 0.1) is 0 Å². The summed E-state index contributed by atoms with van der Waals surface area (Å²) < 4.78 is 10.2. The van der Waals surface area contributed by atoms with Gasteiger partial charge in [-0.3, -0.25) is 9.36 Å². The van der Waals surface area contributed by atoms with E-state index >= 15 is 0 Å². The van der Waals surface area contributed by atoms with Gasteiger partial charge in [-0.05, 0) is 35.2 Å². The Balaban J connectivity index is 1.62. The zero-order valence-electron chi connectivity index (χ0n) is 22.8. The van der Waals surface area contributed by atoms with E-state index in [1.165, 1.54) is 16.2 Å². The Morgan fingerprint density at radius 3 is 2.31 bits per heavy atom. The molecule has 0 amide bonds. The predicted molar refractivity (Wildman–Crippen MR) is 149 cm³/mol. The van der Waals surface area contributed by atoms with Crippen molar-refractivity contribution in [1.82, 2.24) is 39.3 Å². The maximum Gasteiger partial charge on any atom is 0.334 e. The minimum Gasteiger partial charge on any atom is -0.361 e. The maximum atomic E-state index is 13.7. The summed E-state index contributed by atoms with van der Waals surface area (Å²) in [4.78, 5) is 31.8. The second-order valence-electron chi connectivity index (χ2n) is 9.81. The number of nitrogens with zero attached hydrogens (tertiary/aromatic N) is 7. The first-order valence-electron chi connectivity index (χ1n) is 13.1. The Labute approximate surface area is 225 Å². The average Bonchev–Trinajstić information content (AvgIpc) is 3.60. The van der Waals surface area contributed by atoms with Gasteiger partial charge in [0.25, 0.3) is 5.56 Å². The zero-order valence-corrected chi connectivity index (χ0v) is 22.8. The van der Waals surface area contributed by atoms with Crippen LogP contribution in [0.25, 0.3) is 33.7 Å². The van der Waals surface area contributed by atoms with E-state index in [-0.39, 0.29) is 11.5 Å². The first-order chi connectivity index (χ1) is 18.8. The van der Waals surface area contributed by atoms with E-state index in [0.29, 0.717) is 36.5 Å². The fourth-order valence-electron chi connectivity index (χ4n) is 4.90. The number of imidazole rings is 1. The highest BCUT2D eigenvalue weighted by molar-refractivity contribution is 5.80. The molecule has 202 valence electrons. The van der Waals surface area contributed by atoms with E-state index < -0.39 is 11.9 Å². The number of hydrogen-bond donors (Lipinski definition) is 1. The van der Waals surface area contributed by atoms with Crippen LogP contribution < -0.4 is 11.2 Å². The van der Waals surface area contributed by atoms with Crippen molar-refractivity contribution in [2.75, 3.05) is 7.11 Å². The van der Waals surface area contributed by atoms with E-state index in [1.807, 2.05) is 73.9 Å². The largest absolute Gasteiger partial charge is 0.361 e. The Bertz CT molecular complexity index is 1710. The third-order valence-electron chi connectivity index (χ3n) is 6.88. The summed E-state index contributed by atoms with van der Waals surface area (Å²) in [5.74, 6) is 1.29. The fraction of sp³-hybridized carbons (Fsp3) is 0.357. The molecule has 3 aromatic heterocycles. The first-order valence-corrected chi connectivity index (χ1v) is 13.1. The number of tetrazole rings is 1. The number of aromatic nitrogens is 8. The van der Waals surface area contributed by atoms with Crippen molar-refractivity contribution in [2.45, 2.75) is 59.4 Å². The van der Waals surface area contributed by atoms with Crippen molar-refractivity contribution in [3.05, 3.63) is 80.8 Å². The van der Waals surface area contributed by atoms with Gasteiger partial charge in [0, 0.05) is 31.7 Å². The molecule has 0 bridgehead atoms. The second kappa shape index (κ2) is 10.8. The molecule has 0 aliphatic heterocycles. The van der Waals surface area contributed by atoms with Crippen LogP contribution in [0.2, 0.25) is 0 Å². The summed E-state index contributed by atoms with van der Waals surface area (Å²) in [5, 5.41) is 14.5. The third-order valence-corrected chi connectivity index (χ3v) is 6.88. The van der Waals surface area contributed by atoms with Crippen molar-refractivity contribution in [3.8, 4) is 22.5 Å². The number of fused-ring (bicyclic) bond motifs is 1. The minimum absolute atomic E-state index is 0.0268. The van der Waals surface area contributed by atoms with Gasteiger partial charge < -0.3 is 9.30 Å². The molecule has 0 fully saturated rings. The summed E-state index contributed by atoms with van der Waals surface area (Å²) in [6.45, 7) is 8.53. The summed E-state index contributed by atoms with van der Waals surface area (Å²) in [7, 11) is 1.54. The molecule has 0 aliphatic rings. The van der Waals surface area contributed by atoms with E-state index in [1.54, 1.807) is 6.92 Å². The molecule has 0 spiro atoms. The third kappa shape index (κ3) is 4.69. The Kier molecular flexibility index (Phi) is 7.25. The quantitative estimate of drug-likeness (QED) is 0.307. The van der Waals surface area contributed by atoms with Crippen LogP contribution in [-0.4, -0.2) is 46.4 Å². The van der Waals surface area contributed by atoms with E-state index in [9.17, 15) is 9.59 Å². The highest BCUT2D eigenvalue weighted by atomic mass is 16.5. The van der Waals surface area contributed by atoms with Crippen molar-refractivity contribution in [2.24, 2.45) is 0 Å². The van der Waals surface area contributed by atoms with Crippen LogP contribution in [0, 0.1) is 0 Å². The van der Waals surface area contributed by atoms with Gasteiger partial charge in [0.15, 0.2) is 11.2 Å². The van der Waals surface area contributed by atoms with Crippen LogP contribution in [-0.2, 0) is 17.8 Å². The molecule has 1 N–H and O–H groups in total. The van der Waals surface area contributed by atoms with Gasteiger partial charge in [0.2, 0.25) is 5.82 Å². The highest BCUT2D eigenvalue weighted by Gasteiger charge is 2.25. The molecule has 3 heterocycles. The van der Waals surface area contributed by atoms with Crippen LogP contribution in [0.5, 0.6) is 0 Å². The Hall–Kier alpha value is -4.38. The van der Waals surface area contributed by atoms with Crippen molar-refractivity contribution in [1.29, 1.82) is 0 Å². The minimum atomic E-state index is -0.578. The van der Waals surface area contributed by atoms with Crippen LogP contribution in [0.1, 0.15) is 57.6 Å². The molecule has 1 unspecified atom stereocenters. The van der Waals surface area contributed by atoms with Crippen LogP contribution >= 0.6 is 0 Å². The molecule has 0 saturated carbocycles. The summed E-state index contributed by atoms with van der Waals surface area (Å²) >= 11 is 0. The number of rotatable bonds is 9. The number of hydrogen-bond acceptors (Lipinski definition) is 7. The molecule has 11 nitrogen and oxygen atoms in total. The molecular formula is C28H32N8O3. The lowest BCUT2D eigenvalue weighted by Crippen LogP contribution is -2.42. The van der Waals surface area contributed by atoms with Crippen molar-refractivity contribution >= 4 is 11.2 Å². The molecule has 11 heteroatoms. The summed E-state index contributed by atoms with van der Waals surface area (Å²) in [6, 6.07) is 16.1. The lowest BCUT2D eigenvalue weighted by Gasteiger charge is -2.17. The smallest absolute Gasteiger partial charge is 0.334 e. The number of methoxy groups -OCH3 is 1. The first kappa shape index (κ1) is 26.2. The molecule has 1 atom stereocenters. The van der Waals surface area contributed by atoms with Crippen LogP contribution in [0.4, 0.5) is 0 Å². The van der Waals surface area contributed by atoms with E-state index in [4.69, 9.17) is 9.72 Å². The topological polar surface area (TPSA) is 126 Å². The monoisotopic (exact) mass is 528 g/mol. The molecule has 5 rings (SSSR count). The zero-order chi connectivity index (χ0) is 27.7. The second-order valence-corrected chi connectivity index (χ2v) is 9.81. The van der Waals surface area contributed by atoms with Gasteiger partial charge >= 0.3 is 5.69 Å². The van der Waals surface area contributed by atoms with E-state index in [0.717, 1.165) is 28.1 Å². The molecule has 39 heavy (non-hydrogen) atoms. The SMILES string of the molecule is CCCn1c(=O)c2c(nc(C(C)C)n2Cc2ccc(-c3ccccc3-c3nn[nH]n3)cc2)n(C(C)OC)c1=O. The van der Waals surface area contributed by atoms with E-state index in [2.05, 4.69) is 20.6 Å². The number of aromatic amines is 1. The van der Waals surface area contributed by atoms with Crippen molar-refractivity contribution < 1.29 is 4.74 Å². The summed E-state index contributed by atoms with van der Waals surface area (Å²) in [5.41, 5.74) is 3.88. The molecular weight excluding hydrogens is 496 g/mol. The number of nitrogens with one attached hydrogen (secondary N) is 1. The predicted octanol–water partition coefficient (Wildman–Crippen LogP) is 3.95. The Morgan fingerprint density at radius 2 is 1.69 bits per heavy atom. The van der Waals surface area contributed by atoms with Gasteiger partial charge in [-0.15, -0.1) is 10.2 Å². The fourth-order valence-corrected chi connectivity index (χ4v) is 4.90. The number of H-pyrrole nitrogens is 1. The molecule has 0 aliphatic carbocycles. The molecule has 0 radical (unpaired) electrons. The van der Waals surface area contributed by atoms with Gasteiger partial charge in [-0.2, -0.15) is 5.21 Å². The molecule has 5 aromatic rings. The lowest BCUT2D eigenvalue weighted by molar-refractivity contribution is 0.0585. The van der Waals surface area contributed by atoms with Gasteiger partial charge in [-0.25, -0.2) is 14.3 Å². The van der Waals surface area contributed by atoms with Gasteiger partial charge in [-0.1, -0.05) is 69.3 Å². The normalized spacial score (nSPS) is 12.5. The summed E-state index contributed by atoms with van der Waals surface area (Å²) in [6.07, 6.45) is 0.0746. The van der Waals surface area contributed by atoms with Gasteiger partial charge in [0.1, 0.15) is 12.1 Å². The highest BCUT2D eigenvalue weighted by Crippen LogP contribution is 2.30. The Morgan fingerprint density at radius 1 is 0.974 bits per heavy atom.